The largest absolute Gasteiger partial charge is 0.506 e. The molecule has 0 aliphatic carbocycles. The van der Waals surface area contributed by atoms with Gasteiger partial charge in [-0.25, -0.2) is 15.0 Å². The summed E-state index contributed by atoms with van der Waals surface area (Å²) in [6, 6.07) is 24.9. The first-order chi connectivity index (χ1) is 17.3. The van der Waals surface area contributed by atoms with Crippen LogP contribution in [-0.4, -0.2) is 45.6 Å². The highest BCUT2D eigenvalue weighted by Gasteiger charge is 2.02. The number of phenols is 3. The van der Waals surface area contributed by atoms with E-state index >= 15 is 0 Å². The first-order valence-electron chi connectivity index (χ1n) is 10.6. The number of aromatic hydroxyl groups is 6. The molecule has 0 saturated heterocycles. The topological polar surface area (TPSA) is 195 Å². The summed E-state index contributed by atoms with van der Waals surface area (Å²) in [6.07, 6.45) is 0. The van der Waals surface area contributed by atoms with E-state index in [1.807, 2.05) is 18.2 Å². The molecule has 9 N–H and O–H groups in total. The van der Waals surface area contributed by atoms with Crippen LogP contribution in [0.1, 0.15) is 0 Å². The van der Waals surface area contributed by atoms with Gasteiger partial charge in [0.05, 0.1) is 0 Å². The van der Waals surface area contributed by atoms with Crippen LogP contribution in [0.2, 0.25) is 0 Å². The molecule has 0 unspecified atom stereocenters. The highest BCUT2D eigenvalue weighted by Crippen LogP contribution is 2.25. The normalized spacial score (nSPS) is 10.1. The number of aromatic nitrogens is 3. The molecule has 0 atom stereocenters. The molecule has 3 aromatic carbocycles. The molecular formula is C27H24N4O6. The molecule has 0 aliphatic rings. The molecule has 0 bridgehead atoms. The molecule has 0 saturated carbocycles. The number of pyridine rings is 3. The lowest BCUT2D eigenvalue weighted by atomic mass is 10.2. The molecular weight excluding hydrogens is 476 g/mol. The van der Waals surface area contributed by atoms with E-state index < -0.39 is 0 Å². The summed E-state index contributed by atoms with van der Waals surface area (Å²) in [5, 5.41) is 57.5. The minimum absolute atomic E-state index is 0. The Hall–Kier alpha value is -5.35. The second-order valence-corrected chi connectivity index (χ2v) is 7.55. The maximum absolute atomic E-state index is 9.32. The van der Waals surface area contributed by atoms with Gasteiger partial charge in [0.15, 0.2) is 0 Å². The minimum atomic E-state index is -0.0796. The molecule has 10 nitrogen and oxygen atoms in total. The number of nitrogens with zero attached hydrogens (tertiary/aromatic N) is 3. The van der Waals surface area contributed by atoms with Gasteiger partial charge in [0.1, 0.15) is 33.8 Å². The van der Waals surface area contributed by atoms with E-state index in [0.717, 1.165) is 16.2 Å². The zero-order valence-corrected chi connectivity index (χ0v) is 19.4. The Balaban J connectivity index is 0.000000152. The molecule has 0 aliphatic heterocycles. The Morgan fingerprint density at radius 3 is 0.892 bits per heavy atom. The fourth-order valence-electron chi connectivity index (χ4n) is 3.36. The fourth-order valence-corrected chi connectivity index (χ4v) is 3.36. The lowest BCUT2D eigenvalue weighted by Crippen LogP contribution is -1.78. The monoisotopic (exact) mass is 500 g/mol. The lowest BCUT2D eigenvalue weighted by molar-refractivity contribution is 0.451. The molecule has 3 heterocycles. The van der Waals surface area contributed by atoms with Gasteiger partial charge in [-0.15, -0.1) is 0 Å². The van der Waals surface area contributed by atoms with Crippen molar-refractivity contribution < 1.29 is 30.6 Å². The second kappa shape index (κ2) is 11.4. The number of fused-ring (bicyclic) bond motifs is 3. The van der Waals surface area contributed by atoms with Crippen LogP contribution >= 0.6 is 0 Å². The quantitative estimate of drug-likeness (QED) is 0.147. The summed E-state index contributed by atoms with van der Waals surface area (Å²) in [5.74, 6) is 0.0206. The summed E-state index contributed by atoms with van der Waals surface area (Å²) in [7, 11) is 0. The third kappa shape index (κ3) is 6.21. The highest BCUT2D eigenvalue weighted by atomic mass is 16.3. The summed E-state index contributed by atoms with van der Waals surface area (Å²) in [6.45, 7) is 0. The van der Waals surface area contributed by atoms with Crippen molar-refractivity contribution in [3.63, 3.8) is 0 Å². The van der Waals surface area contributed by atoms with E-state index in [1.165, 1.54) is 36.4 Å². The van der Waals surface area contributed by atoms with Crippen LogP contribution in [-0.2, 0) is 0 Å². The predicted molar refractivity (Wildman–Crippen MR) is 140 cm³/mol. The maximum Gasteiger partial charge on any atom is 0.211 e. The third-order valence-corrected chi connectivity index (χ3v) is 5.05. The number of para-hydroxylation sites is 3. The molecule has 188 valence electrons. The van der Waals surface area contributed by atoms with Gasteiger partial charge >= 0.3 is 0 Å². The Morgan fingerprint density at radius 2 is 0.622 bits per heavy atom. The highest BCUT2D eigenvalue weighted by molar-refractivity contribution is 5.85. The van der Waals surface area contributed by atoms with Crippen LogP contribution in [0.3, 0.4) is 0 Å². The van der Waals surface area contributed by atoms with Crippen molar-refractivity contribution in [2.75, 3.05) is 0 Å². The molecule has 0 spiro atoms. The number of hydrogen-bond donors (Lipinski definition) is 7. The van der Waals surface area contributed by atoms with Gasteiger partial charge in [0.2, 0.25) is 17.6 Å². The van der Waals surface area contributed by atoms with Crippen molar-refractivity contribution in [1.82, 2.24) is 21.1 Å². The van der Waals surface area contributed by atoms with Gasteiger partial charge in [-0.3, -0.25) is 0 Å². The van der Waals surface area contributed by atoms with E-state index in [0.29, 0.717) is 16.6 Å². The van der Waals surface area contributed by atoms with Crippen LogP contribution in [0.5, 0.6) is 34.9 Å². The average Bonchev–Trinajstić information content (AvgIpc) is 2.87. The first kappa shape index (κ1) is 26.3. The van der Waals surface area contributed by atoms with E-state index in [4.69, 9.17) is 15.3 Å². The fraction of sp³-hybridized carbons (Fsp3) is 0. The Morgan fingerprint density at radius 1 is 0.351 bits per heavy atom. The first-order valence-corrected chi connectivity index (χ1v) is 10.6. The van der Waals surface area contributed by atoms with Crippen molar-refractivity contribution in [2.45, 2.75) is 0 Å². The predicted octanol–water partition coefficient (Wildman–Crippen LogP) is 5.10. The number of phenolic OH excluding ortho intramolecular Hbond substituents is 3. The third-order valence-electron chi connectivity index (χ3n) is 5.05. The molecule has 3 aromatic heterocycles. The smallest absolute Gasteiger partial charge is 0.211 e. The van der Waals surface area contributed by atoms with E-state index in [1.54, 1.807) is 36.4 Å². The van der Waals surface area contributed by atoms with E-state index in [-0.39, 0.29) is 41.0 Å². The Bertz CT molecular complexity index is 1480. The summed E-state index contributed by atoms with van der Waals surface area (Å²) in [5.41, 5.74) is 1.28. The van der Waals surface area contributed by atoms with Crippen molar-refractivity contribution in [3.8, 4) is 34.9 Å². The zero-order chi connectivity index (χ0) is 25.7. The van der Waals surface area contributed by atoms with Crippen molar-refractivity contribution in [1.29, 1.82) is 0 Å². The van der Waals surface area contributed by atoms with Crippen LogP contribution < -0.4 is 6.15 Å². The molecule has 6 aromatic rings. The zero-order valence-electron chi connectivity index (χ0n) is 19.4. The molecule has 10 heteroatoms. The van der Waals surface area contributed by atoms with Gasteiger partial charge in [-0.2, -0.15) is 0 Å². The number of benzene rings is 3. The molecule has 0 radical (unpaired) electrons. The van der Waals surface area contributed by atoms with Crippen molar-refractivity contribution >= 4 is 32.7 Å². The van der Waals surface area contributed by atoms with E-state index in [9.17, 15) is 15.3 Å². The molecule has 37 heavy (non-hydrogen) atoms. The summed E-state index contributed by atoms with van der Waals surface area (Å²) in [4.78, 5) is 11.3. The maximum atomic E-state index is 9.32. The van der Waals surface area contributed by atoms with Gasteiger partial charge < -0.3 is 36.8 Å². The van der Waals surface area contributed by atoms with Gasteiger partial charge in [0, 0.05) is 34.4 Å². The van der Waals surface area contributed by atoms with Crippen LogP contribution in [0.25, 0.3) is 32.7 Å². The number of rotatable bonds is 0. The lowest BCUT2D eigenvalue weighted by Gasteiger charge is -1.98. The molecule has 0 fully saturated rings. The van der Waals surface area contributed by atoms with Gasteiger partial charge in [-0.1, -0.05) is 36.4 Å². The van der Waals surface area contributed by atoms with Crippen LogP contribution in [0.4, 0.5) is 0 Å². The molecule has 6 rings (SSSR count). The Kier molecular flexibility index (Phi) is 8.08. The van der Waals surface area contributed by atoms with Gasteiger partial charge in [0.25, 0.3) is 0 Å². The second-order valence-electron chi connectivity index (χ2n) is 7.55. The van der Waals surface area contributed by atoms with Crippen molar-refractivity contribution in [2.24, 2.45) is 0 Å². The van der Waals surface area contributed by atoms with Gasteiger partial charge in [-0.05, 0) is 36.4 Å². The van der Waals surface area contributed by atoms with Crippen LogP contribution in [0, 0.1) is 0 Å². The van der Waals surface area contributed by atoms with E-state index in [2.05, 4.69) is 15.0 Å². The van der Waals surface area contributed by atoms with Crippen molar-refractivity contribution in [3.05, 3.63) is 91.0 Å². The molecule has 0 amide bonds. The average molecular weight is 501 g/mol. The minimum Gasteiger partial charge on any atom is -0.506 e. The number of hydrogen-bond acceptors (Lipinski definition) is 10. The Labute approximate surface area is 210 Å². The standard InChI is InChI=1S/3C9H7NO2.H3N/c3*11-7-3-1-2-6-4-5-8(12)10-9(6)7;/h3*1-5,11H,(H,10,12);1H3. The SMILES string of the molecule is N.Oc1ccc2cccc(O)c2n1.Oc1ccc2cccc(O)c2n1.Oc1ccc2cccc(O)c2n1. The van der Waals surface area contributed by atoms with Crippen LogP contribution in [0.15, 0.2) is 91.0 Å². The summed E-state index contributed by atoms with van der Waals surface area (Å²) < 4.78 is 0. The summed E-state index contributed by atoms with van der Waals surface area (Å²) >= 11 is 0.